The minimum Gasteiger partial charge on any atom is -0.309 e. The van der Waals surface area contributed by atoms with E-state index in [1.54, 1.807) is 0 Å². The number of aryl methyl sites for hydroxylation is 2. The second-order valence-electron chi connectivity index (χ2n) is 3.89. The Morgan fingerprint density at radius 3 is 2.62 bits per heavy atom. The Labute approximate surface area is 99.7 Å². The van der Waals surface area contributed by atoms with E-state index >= 15 is 0 Å². The Balaban J connectivity index is 2.37. The fourth-order valence-electron chi connectivity index (χ4n) is 1.72. The zero-order valence-electron chi connectivity index (χ0n) is 9.69. The normalized spacial score (nSPS) is 12.7. The van der Waals surface area contributed by atoms with Gasteiger partial charge in [-0.2, -0.15) is 0 Å². The van der Waals surface area contributed by atoms with Gasteiger partial charge in [-0.1, -0.05) is 22.7 Å². The van der Waals surface area contributed by atoms with E-state index in [9.17, 15) is 0 Å². The van der Waals surface area contributed by atoms with E-state index < -0.39 is 0 Å². The van der Waals surface area contributed by atoms with Gasteiger partial charge >= 0.3 is 0 Å². The van der Waals surface area contributed by atoms with Crippen LogP contribution in [0, 0.1) is 13.8 Å². The molecule has 0 aliphatic rings. The summed E-state index contributed by atoms with van der Waals surface area (Å²) in [5, 5.41) is 7.18. The maximum Gasteiger partial charge on any atom is 0.0701 e. The van der Waals surface area contributed by atoms with Crippen LogP contribution in [0.3, 0.4) is 0 Å². The number of nitrogens with one attached hydrogen (secondary N) is 1. The molecule has 4 heteroatoms. The third kappa shape index (κ3) is 2.13. The van der Waals surface area contributed by atoms with Crippen molar-refractivity contribution < 1.29 is 0 Å². The molecule has 0 radical (unpaired) electrons. The van der Waals surface area contributed by atoms with Crippen LogP contribution < -0.4 is 5.32 Å². The van der Waals surface area contributed by atoms with Crippen LogP contribution in [0.5, 0.6) is 0 Å². The molecule has 84 valence electrons. The maximum atomic E-state index is 3.91. The molecule has 2 aromatic rings. The van der Waals surface area contributed by atoms with Crippen molar-refractivity contribution in [2.75, 3.05) is 7.05 Å². The molecule has 1 atom stereocenters. The molecule has 3 nitrogen and oxygen atoms in total. The molecule has 0 bridgehead atoms. The second kappa shape index (κ2) is 4.72. The van der Waals surface area contributed by atoms with Crippen molar-refractivity contribution in [3.05, 3.63) is 46.0 Å². The Kier molecular flexibility index (Phi) is 3.31. The summed E-state index contributed by atoms with van der Waals surface area (Å²) < 4.78 is 3.91. The number of rotatable bonds is 3. The number of aromatic nitrogens is 2. The van der Waals surface area contributed by atoms with E-state index in [0.29, 0.717) is 0 Å². The summed E-state index contributed by atoms with van der Waals surface area (Å²) in [7, 11) is 1.96. The van der Waals surface area contributed by atoms with E-state index in [2.05, 4.69) is 47.0 Å². The highest BCUT2D eigenvalue weighted by molar-refractivity contribution is 7.05. The number of hydrogen-bond acceptors (Lipinski definition) is 4. The number of nitrogens with zero attached hydrogens (tertiary/aromatic N) is 2. The molecule has 1 N–H and O–H groups in total. The van der Waals surface area contributed by atoms with Gasteiger partial charge in [-0.15, -0.1) is 5.10 Å². The molecule has 1 aromatic carbocycles. The van der Waals surface area contributed by atoms with Crippen molar-refractivity contribution in [3.8, 4) is 0 Å². The maximum absolute atomic E-state index is 3.91. The first-order valence-corrected chi connectivity index (χ1v) is 6.01. The first-order valence-electron chi connectivity index (χ1n) is 5.24. The molecule has 0 fully saturated rings. The highest BCUT2D eigenvalue weighted by atomic mass is 32.1. The minimum atomic E-state index is 0.194. The Morgan fingerprint density at radius 2 is 2.06 bits per heavy atom. The van der Waals surface area contributed by atoms with Gasteiger partial charge in [0.2, 0.25) is 0 Å². The van der Waals surface area contributed by atoms with Crippen LogP contribution in [0.4, 0.5) is 0 Å². The van der Waals surface area contributed by atoms with E-state index in [0.717, 1.165) is 4.88 Å². The highest BCUT2D eigenvalue weighted by Gasteiger charge is 2.14. The Hall–Kier alpha value is -1.26. The van der Waals surface area contributed by atoms with Gasteiger partial charge in [-0.25, -0.2) is 0 Å². The van der Waals surface area contributed by atoms with Crippen molar-refractivity contribution in [2.24, 2.45) is 0 Å². The lowest BCUT2D eigenvalue weighted by molar-refractivity contribution is 0.701. The van der Waals surface area contributed by atoms with Crippen molar-refractivity contribution >= 4 is 11.5 Å². The van der Waals surface area contributed by atoms with Gasteiger partial charge in [0.1, 0.15) is 0 Å². The zero-order chi connectivity index (χ0) is 11.5. The molecule has 0 saturated heterocycles. The summed E-state index contributed by atoms with van der Waals surface area (Å²) in [6.45, 7) is 4.26. The van der Waals surface area contributed by atoms with Crippen LogP contribution in [-0.4, -0.2) is 16.6 Å². The molecule has 1 unspecified atom stereocenters. The fraction of sp³-hybridized carbons (Fsp3) is 0.333. The minimum absolute atomic E-state index is 0.194. The second-order valence-corrected chi connectivity index (χ2v) is 4.70. The first-order chi connectivity index (χ1) is 7.72. The van der Waals surface area contributed by atoms with Crippen molar-refractivity contribution in [1.29, 1.82) is 0 Å². The molecule has 0 aliphatic heterocycles. The molecule has 1 aromatic heterocycles. The fourth-order valence-corrected chi connectivity index (χ4v) is 2.36. The lowest BCUT2D eigenvalue weighted by atomic mass is 10.0. The summed E-state index contributed by atoms with van der Waals surface area (Å²) in [4.78, 5) is 1.14. The van der Waals surface area contributed by atoms with E-state index in [1.165, 1.54) is 28.2 Å². The van der Waals surface area contributed by atoms with Crippen LogP contribution in [0.15, 0.2) is 24.4 Å². The van der Waals surface area contributed by atoms with Crippen molar-refractivity contribution in [2.45, 2.75) is 19.9 Å². The van der Waals surface area contributed by atoms with E-state index in [4.69, 9.17) is 0 Å². The van der Waals surface area contributed by atoms with Gasteiger partial charge in [0.05, 0.1) is 17.1 Å². The third-order valence-corrected chi connectivity index (χ3v) is 3.54. The number of hydrogen-bond donors (Lipinski definition) is 1. The predicted octanol–water partition coefficient (Wildman–Crippen LogP) is 2.46. The first kappa shape index (κ1) is 11.2. The predicted molar refractivity (Wildman–Crippen MR) is 66.7 cm³/mol. The Morgan fingerprint density at radius 1 is 1.25 bits per heavy atom. The Bertz CT molecular complexity index is 465. The average molecular weight is 233 g/mol. The summed E-state index contributed by atoms with van der Waals surface area (Å²) in [6, 6.07) is 6.72. The van der Waals surface area contributed by atoms with Crippen LogP contribution in [0.1, 0.15) is 27.6 Å². The van der Waals surface area contributed by atoms with Gasteiger partial charge in [-0.3, -0.25) is 0 Å². The molecule has 1 heterocycles. The quantitative estimate of drug-likeness (QED) is 0.885. The average Bonchev–Trinajstić information content (AvgIpc) is 2.78. The summed E-state index contributed by atoms with van der Waals surface area (Å²) >= 11 is 1.44. The summed E-state index contributed by atoms with van der Waals surface area (Å²) in [6.07, 6.45) is 1.82. The third-order valence-electron chi connectivity index (χ3n) is 2.82. The molecule has 16 heavy (non-hydrogen) atoms. The highest BCUT2D eigenvalue weighted by Crippen LogP contribution is 2.24. The van der Waals surface area contributed by atoms with E-state index in [1.807, 2.05) is 13.2 Å². The SMILES string of the molecule is CNC(c1ccc(C)c(C)c1)c1cnns1. The lowest BCUT2D eigenvalue weighted by Gasteiger charge is -2.15. The smallest absolute Gasteiger partial charge is 0.0701 e. The number of benzene rings is 1. The van der Waals surface area contributed by atoms with Crippen LogP contribution in [0.2, 0.25) is 0 Å². The van der Waals surface area contributed by atoms with Gasteiger partial charge < -0.3 is 5.32 Å². The molecule has 2 rings (SSSR count). The lowest BCUT2D eigenvalue weighted by Crippen LogP contribution is -2.16. The largest absolute Gasteiger partial charge is 0.309 e. The van der Waals surface area contributed by atoms with Crippen molar-refractivity contribution in [3.63, 3.8) is 0 Å². The van der Waals surface area contributed by atoms with Gasteiger partial charge in [0.25, 0.3) is 0 Å². The molecular weight excluding hydrogens is 218 g/mol. The molecule has 0 amide bonds. The van der Waals surface area contributed by atoms with Gasteiger partial charge in [0.15, 0.2) is 0 Å². The molecule has 0 aliphatic carbocycles. The monoisotopic (exact) mass is 233 g/mol. The summed E-state index contributed by atoms with van der Waals surface area (Å²) in [5.41, 5.74) is 3.90. The van der Waals surface area contributed by atoms with Crippen LogP contribution in [-0.2, 0) is 0 Å². The molecule has 0 spiro atoms. The van der Waals surface area contributed by atoms with Crippen LogP contribution >= 0.6 is 11.5 Å². The summed E-state index contributed by atoms with van der Waals surface area (Å²) in [5.74, 6) is 0. The van der Waals surface area contributed by atoms with E-state index in [-0.39, 0.29) is 6.04 Å². The van der Waals surface area contributed by atoms with Gasteiger partial charge in [-0.05, 0) is 49.1 Å². The van der Waals surface area contributed by atoms with Crippen LogP contribution in [0.25, 0.3) is 0 Å². The molecule has 0 saturated carbocycles. The van der Waals surface area contributed by atoms with Gasteiger partial charge in [0, 0.05) is 0 Å². The van der Waals surface area contributed by atoms with Crippen molar-refractivity contribution in [1.82, 2.24) is 14.9 Å². The standard InChI is InChI=1S/C12H15N3S/c1-8-4-5-10(6-9(8)2)12(13-3)11-7-14-15-16-11/h4-7,12-13H,1-3H3. The molecular formula is C12H15N3S. The topological polar surface area (TPSA) is 37.8 Å². The zero-order valence-corrected chi connectivity index (χ0v) is 10.5.